The van der Waals surface area contributed by atoms with Crippen molar-refractivity contribution < 1.29 is 4.79 Å². The van der Waals surface area contributed by atoms with Gasteiger partial charge in [0.2, 0.25) is 0 Å². The lowest BCUT2D eigenvalue weighted by molar-refractivity contribution is 0.112. The molecule has 0 N–H and O–H groups in total. The molecule has 1 aromatic carbocycles. The van der Waals surface area contributed by atoms with Gasteiger partial charge in [0.25, 0.3) is 0 Å². The van der Waals surface area contributed by atoms with Gasteiger partial charge in [-0.1, -0.05) is 41.9 Å². The van der Waals surface area contributed by atoms with E-state index in [0.717, 1.165) is 12.1 Å². The fraction of sp³-hybridized carbons (Fsp3) is 0.214. The normalized spacial score (nSPS) is 10.2. The van der Waals surface area contributed by atoms with E-state index in [4.69, 9.17) is 11.6 Å². The molecule has 0 amide bonds. The van der Waals surface area contributed by atoms with Crippen molar-refractivity contribution in [3.8, 4) is 0 Å². The van der Waals surface area contributed by atoms with E-state index in [1.165, 1.54) is 6.33 Å². The number of carbonyl (C=O) groups excluding carboxylic acids is 1. The fourth-order valence-electron chi connectivity index (χ4n) is 1.86. The van der Waals surface area contributed by atoms with Gasteiger partial charge in [0.1, 0.15) is 17.3 Å². The van der Waals surface area contributed by atoms with E-state index in [2.05, 4.69) is 9.97 Å². The first kappa shape index (κ1) is 13.5. The lowest BCUT2D eigenvalue weighted by atomic mass is 10.2. The second-order valence-corrected chi connectivity index (χ2v) is 4.38. The number of aromatic nitrogens is 2. The van der Waals surface area contributed by atoms with Crippen LogP contribution in [0.1, 0.15) is 22.8 Å². The highest BCUT2D eigenvalue weighted by atomic mass is 35.5. The highest BCUT2D eigenvalue weighted by Crippen LogP contribution is 2.22. The third-order valence-electron chi connectivity index (χ3n) is 2.83. The number of aldehydes is 1. The summed E-state index contributed by atoms with van der Waals surface area (Å²) < 4.78 is 0. The molecule has 5 heteroatoms. The Morgan fingerprint density at radius 2 is 2.00 bits per heavy atom. The molecule has 0 fully saturated rings. The van der Waals surface area contributed by atoms with Gasteiger partial charge in [-0.05, 0) is 12.5 Å². The molecule has 0 saturated heterocycles. The number of hydrogen-bond acceptors (Lipinski definition) is 4. The average Bonchev–Trinajstić information content (AvgIpc) is 2.45. The van der Waals surface area contributed by atoms with Crippen molar-refractivity contribution >= 4 is 23.7 Å². The largest absolute Gasteiger partial charge is 0.352 e. The molecule has 0 aliphatic heterocycles. The van der Waals surface area contributed by atoms with Crippen LogP contribution in [-0.4, -0.2) is 22.8 Å². The van der Waals surface area contributed by atoms with Gasteiger partial charge in [0, 0.05) is 13.1 Å². The van der Waals surface area contributed by atoms with Crippen molar-refractivity contribution in [1.82, 2.24) is 9.97 Å². The highest BCUT2D eigenvalue weighted by Gasteiger charge is 2.15. The third-order valence-corrected chi connectivity index (χ3v) is 3.13. The number of halogens is 1. The molecular formula is C14H14ClN3O. The van der Waals surface area contributed by atoms with Gasteiger partial charge in [0.05, 0.1) is 5.56 Å². The summed E-state index contributed by atoms with van der Waals surface area (Å²) in [4.78, 5) is 21.1. The maximum atomic E-state index is 11.1. The van der Waals surface area contributed by atoms with Gasteiger partial charge >= 0.3 is 0 Å². The Bertz CT molecular complexity index is 560. The summed E-state index contributed by atoms with van der Waals surface area (Å²) in [6, 6.07) is 10.0. The van der Waals surface area contributed by atoms with E-state index >= 15 is 0 Å². The van der Waals surface area contributed by atoms with Crippen molar-refractivity contribution in [1.29, 1.82) is 0 Å². The van der Waals surface area contributed by atoms with Crippen LogP contribution in [0.15, 0.2) is 36.7 Å². The molecule has 4 nitrogen and oxygen atoms in total. The number of nitrogens with zero attached hydrogens (tertiary/aromatic N) is 3. The van der Waals surface area contributed by atoms with Crippen molar-refractivity contribution in [2.75, 3.05) is 11.4 Å². The molecular weight excluding hydrogens is 262 g/mol. The van der Waals surface area contributed by atoms with E-state index in [1.54, 1.807) is 0 Å². The van der Waals surface area contributed by atoms with E-state index in [-0.39, 0.29) is 5.15 Å². The zero-order chi connectivity index (χ0) is 13.7. The predicted octanol–water partition coefficient (Wildman–Crippen LogP) is 2.97. The van der Waals surface area contributed by atoms with Crippen LogP contribution >= 0.6 is 11.6 Å². The van der Waals surface area contributed by atoms with Crippen molar-refractivity contribution in [3.63, 3.8) is 0 Å². The average molecular weight is 276 g/mol. The Kier molecular flexibility index (Phi) is 4.47. The van der Waals surface area contributed by atoms with Crippen LogP contribution in [0.3, 0.4) is 0 Å². The minimum Gasteiger partial charge on any atom is -0.352 e. The molecule has 2 rings (SSSR count). The first-order chi connectivity index (χ1) is 9.26. The van der Waals surface area contributed by atoms with E-state index in [1.807, 2.05) is 42.2 Å². The SMILES string of the molecule is CCN(Cc1ccccc1)c1ncnc(Cl)c1C=O. The Morgan fingerprint density at radius 1 is 1.26 bits per heavy atom. The molecule has 0 unspecified atom stereocenters. The van der Waals surface area contributed by atoms with Gasteiger partial charge in [-0.15, -0.1) is 0 Å². The first-order valence-corrected chi connectivity index (χ1v) is 6.38. The van der Waals surface area contributed by atoms with Crippen LogP contribution in [0.25, 0.3) is 0 Å². The van der Waals surface area contributed by atoms with Crippen molar-refractivity contribution in [2.45, 2.75) is 13.5 Å². The van der Waals surface area contributed by atoms with Gasteiger partial charge in [-0.2, -0.15) is 0 Å². The van der Waals surface area contributed by atoms with Crippen LogP contribution in [-0.2, 0) is 6.54 Å². The third kappa shape index (κ3) is 3.09. The van der Waals surface area contributed by atoms with Gasteiger partial charge in [-0.3, -0.25) is 4.79 Å². The highest BCUT2D eigenvalue weighted by molar-refractivity contribution is 6.32. The minimum atomic E-state index is 0.187. The Morgan fingerprint density at radius 3 is 2.63 bits per heavy atom. The smallest absolute Gasteiger partial charge is 0.156 e. The van der Waals surface area contributed by atoms with E-state index in [9.17, 15) is 4.79 Å². The van der Waals surface area contributed by atoms with Gasteiger partial charge < -0.3 is 4.90 Å². The Labute approximate surface area is 117 Å². The number of carbonyl (C=O) groups is 1. The molecule has 0 aliphatic rings. The number of rotatable bonds is 5. The van der Waals surface area contributed by atoms with Gasteiger partial charge in [0.15, 0.2) is 6.29 Å². The van der Waals surface area contributed by atoms with E-state index < -0.39 is 0 Å². The molecule has 19 heavy (non-hydrogen) atoms. The maximum Gasteiger partial charge on any atom is 0.156 e. The molecule has 0 bridgehead atoms. The molecule has 2 aromatic rings. The summed E-state index contributed by atoms with van der Waals surface area (Å²) in [5.74, 6) is 0.571. The summed E-state index contributed by atoms with van der Waals surface area (Å²) in [7, 11) is 0. The molecule has 0 atom stereocenters. The molecule has 0 spiro atoms. The summed E-state index contributed by atoms with van der Waals surface area (Å²) in [5.41, 5.74) is 1.48. The van der Waals surface area contributed by atoms with Crippen LogP contribution < -0.4 is 4.90 Å². The zero-order valence-electron chi connectivity index (χ0n) is 10.6. The second-order valence-electron chi connectivity index (χ2n) is 4.02. The first-order valence-electron chi connectivity index (χ1n) is 6.00. The summed E-state index contributed by atoms with van der Waals surface area (Å²) >= 11 is 5.92. The summed E-state index contributed by atoms with van der Waals surface area (Å²) in [6.07, 6.45) is 2.07. The lowest BCUT2D eigenvalue weighted by Gasteiger charge is -2.23. The van der Waals surface area contributed by atoms with Crippen molar-refractivity contribution in [2.24, 2.45) is 0 Å². The predicted molar refractivity (Wildman–Crippen MR) is 75.6 cm³/mol. The monoisotopic (exact) mass is 275 g/mol. The van der Waals surface area contributed by atoms with Crippen LogP contribution in [0, 0.1) is 0 Å². The Hall–Kier alpha value is -1.94. The zero-order valence-corrected chi connectivity index (χ0v) is 11.3. The summed E-state index contributed by atoms with van der Waals surface area (Å²) in [5, 5.41) is 0.187. The number of benzene rings is 1. The van der Waals surface area contributed by atoms with Crippen molar-refractivity contribution in [3.05, 3.63) is 52.9 Å². The van der Waals surface area contributed by atoms with Crippen LogP contribution in [0.5, 0.6) is 0 Å². The molecule has 0 saturated carbocycles. The minimum absolute atomic E-state index is 0.187. The number of anilines is 1. The van der Waals surface area contributed by atoms with Gasteiger partial charge in [-0.25, -0.2) is 9.97 Å². The van der Waals surface area contributed by atoms with Crippen LogP contribution in [0.4, 0.5) is 5.82 Å². The van der Waals surface area contributed by atoms with E-state index in [0.29, 0.717) is 24.2 Å². The standard InChI is InChI=1S/C14H14ClN3O/c1-2-18(8-11-6-4-3-5-7-11)14-12(9-19)13(15)16-10-17-14/h3-7,9-10H,2,8H2,1H3. The molecule has 1 heterocycles. The molecule has 0 radical (unpaired) electrons. The molecule has 1 aromatic heterocycles. The topological polar surface area (TPSA) is 46.1 Å². The summed E-state index contributed by atoms with van der Waals surface area (Å²) in [6.45, 7) is 3.40. The molecule has 98 valence electrons. The molecule has 0 aliphatic carbocycles. The Balaban J connectivity index is 2.32. The lowest BCUT2D eigenvalue weighted by Crippen LogP contribution is -2.24. The fourth-order valence-corrected chi connectivity index (χ4v) is 2.03. The number of hydrogen-bond donors (Lipinski definition) is 0. The quantitative estimate of drug-likeness (QED) is 0.622. The van der Waals surface area contributed by atoms with Crippen LogP contribution in [0.2, 0.25) is 5.15 Å². The second kappa shape index (κ2) is 6.29. The maximum absolute atomic E-state index is 11.1.